The van der Waals surface area contributed by atoms with E-state index < -0.39 is 0 Å². The molecule has 6 heteroatoms. The second-order valence-electron chi connectivity index (χ2n) is 12.8. The van der Waals surface area contributed by atoms with Crippen LogP contribution in [0.5, 0.6) is 0 Å². The Kier molecular flexibility index (Phi) is 31.4. The highest BCUT2D eigenvalue weighted by molar-refractivity contribution is 5.69. The fraction of sp³-hybridized carbons (Fsp3) is 0.946. The molecular weight excluding hydrogens is 538 g/mol. The normalized spacial score (nSPS) is 12.9. The van der Waals surface area contributed by atoms with Crippen LogP contribution in [0.4, 0.5) is 0 Å². The molecule has 0 fully saturated rings. The van der Waals surface area contributed by atoms with Crippen LogP contribution in [0.1, 0.15) is 188 Å². The summed E-state index contributed by atoms with van der Waals surface area (Å²) in [5, 5.41) is 9.46. The number of hydrogen-bond donors (Lipinski definition) is 1. The Labute approximate surface area is 267 Å². The molecular formula is C37H73NO5. The predicted molar refractivity (Wildman–Crippen MR) is 181 cm³/mol. The second kappa shape index (κ2) is 32.3. The molecule has 0 aliphatic rings. The lowest BCUT2D eigenvalue weighted by Gasteiger charge is -2.21. The van der Waals surface area contributed by atoms with Crippen molar-refractivity contribution in [3.63, 3.8) is 0 Å². The number of aliphatic hydroxyl groups excluding tert-OH is 1. The fourth-order valence-corrected chi connectivity index (χ4v) is 5.69. The van der Waals surface area contributed by atoms with Crippen molar-refractivity contribution >= 4 is 11.9 Å². The van der Waals surface area contributed by atoms with E-state index in [2.05, 4.69) is 25.7 Å². The monoisotopic (exact) mass is 612 g/mol. The number of unbranched alkanes of at least 4 members (excludes halogenated alkanes) is 16. The summed E-state index contributed by atoms with van der Waals surface area (Å²) >= 11 is 0. The molecule has 0 aliphatic carbocycles. The van der Waals surface area contributed by atoms with Gasteiger partial charge in [-0.25, -0.2) is 0 Å². The first kappa shape index (κ1) is 41.9. The number of carbonyl (C=O) groups is 2. The van der Waals surface area contributed by atoms with Gasteiger partial charge in [0, 0.05) is 19.4 Å². The average Bonchev–Trinajstić information content (AvgIpc) is 2.99. The molecule has 0 aromatic carbocycles. The Balaban J connectivity index is 3.80. The largest absolute Gasteiger partial charge is 0.463 e. The summed E-state index contributed by atoms with van der Waals surface area (Å²) in [5.41, 5.74) is 0. The molecule has 2 atom stereocenters. The van der Waals surface area contributed by atoms with E-state index in [0.717, 1.165) is 96.6 Å². The molecule has 256 valence electrons. The standard InChI is InChI=1S/C37H73NO5/c1-5-8-10-12-15-20-26-34(4)42-36(40)28-23-19-25-31-38(32-33-39)30-24-18-14-17-22-29-37(41)43-35(7-3)27-21-16-13-11-9-6-2/h34-35,39H,5-33H2,1-4H3. The summed E-state index contributed by atoms with van der Waals surface area (Å²) in [6, 6.07) is 0. The van der Waals surface area contributed by atoms with Gasteiger partial charge in [0.2, 0.25) is 0 Å². The minimum atomic E-state index is -0.0580. The molecule has 0 rings (SSSR count). The minimum absolute atomic E-state index is 0.0251. The highest BCUT2D eigenvalue weighted by Crippen LogP contribution is 2.15. The SMILES string of the molecule is CCCCCCCCC(C)OC(=O)CCCCCN(CCO)CCCCCCCC(=O)OC(CC)CCCCCCCC. The predicted octanol–water partition coefficient (Wildman–Crippen LogP) is 9.94. The Morgan fingerprint density at radius 1 is 0.558 bits per heavy atom. The lowest BCUT2D eigenvalue weighted by molar-refractivity contribution is -0.150. The number of carbonyl (C=O) groups excluding carboxylic acids is 2. The van der Waals surface area contributed by atoms with Crippen molar-refractivity contribution in [3.8, 4) is 0 Å². The summed E-state index contributed by atoms with van der Waals surface area (Å²) in [7, 11) is 0. The summed E-state index contributed by atoms with van der Waals surface area (Å²) in [6.45, 7) is 11.5. The highest BCUT2D eigenvalue weighted by atomic mass is 16.5. The molecule has 6 nitrogen and oxygen atoms in total. The lowest BCUT2D eigenvalue weighted by atomic mass is 10.1. The zero-order valence-corrected chi connectivity index (χ0v) is 29.2. The summed E-state index contributed by atoms with van der Waals surface area (Å²) in [6.07, 6.45) is 27.6. The number of ether oxygens (including phenoxy) is 2. The van der Waals surface area contributed by atoms with Gasteiger partial charge in [0.1, 0.15) is 6.10 Å². The maximum atomic E-state index is 12.3. The minimum Gasteiger partial charge on any atom is -0.463 e. The Morgan fingerprint density at radius 3 is 1.53 bits per heavy atom. The van der Waals surface area contributed by atoms with E-state index >= 15 is 0 Å². The third kappa shape index (κ3) is 29.3. The smallest absolute Gasteiger partial charge is 0.306 e. The molecule has 0 radical (unpaired) electrons. The third-order valence-corrected chi connectivity index (χ3v) is 8.56. The van der Waals surface area contributed by atoms with Gasteiger partial charge in [-0.1, -0.05) is 111 Å². The van der Waals surface area contributed by atoms with E-state index in [-0.39, 0.29) is 30.8 Å². The van der Waals surface area contributed by atoms with Crippen LogP contribution in [0.15, 0.2) is 0 Å². The zero-order chi connectivity index (χ0) is 31.8. The number of rotatable bonds is 33. The van der Waals surface area contributed by atoms with E-state index in [4.69, 9.17) is 9.47 Å². The van der Waals surface area contributed by atoms with Crippen LogP contribution in [-0.4, -0.2) is 60.4 Å². The molecule has 43 heavy (non-hydrogen) atoms. The second-order valence-corrected chi connectivity index (χ2v) is 12.8. The van der Waals surface area contributed by atoms with Crippen LogP contribution in [-0.2, 0) is 19.1 Å². The van der Waals surface area contributed by atoms with Crippen LogP contribution in [0.25, 0.3) is 0 Å². The molecule has 0 bridgehead atoms. The van der Waals surface area contributed by atoms with E-state index in [9.17, 15) is 14.7 Å². The van der Waals surface area contributed by atoms with Crippen LogP contribution >= 0.6 is 0 Å². The van der Waals surface area contributed by atoms with Gasteiger partial charge in [0.25, 0.3) is 0 Å². The zero-order valence-electron chi connectivity index (χ0n) is 29.2. The van der Waals surface area contributed by atoms with E-state index in [1.165, 1.54) is 64.2 Å². The highest BCUT2D eigenvalue weighted by Gasteiger charge is 2.13. The topological polar surface area (TPSA) is 76.1 Å². The molecule has 2 unspecified atom stereocenters. The quantitative estimate of drug-likeness (QED) is 0.0588. The van der Waals surface area contributed by atoms with Crippen molar-refractivity contribution in [1.29, 1.82) is 0 Å². The number of esters is 2. The van der Waals surface area contributed by atoms with Gasteiger partial charge in [-0.3, -0.25) is 9.59 Å². The lowest BCUT2D eigenvalue weighted by Crippen LogP contribution is -2.29. The van der Waals surface area contributed by atoms with Crippen LogP contribution in [0.3, 0.4) is 0 Å². The van der Waals surface area contributed by atoms with Crippen molar-refractivity contribution in [2.75, 3.05) is 26.2 Å². The average molecular weight is 612 g/mol. The molecule has 1 N–H and O–H groups in total. The summed E-state index contributed by atoms with van der Waals surface area (Å²) < 4.78 is 11.3. The first-order valence-electron chi connectivity index (χ1n) is 18.7. The van der Waals surface area contributed by atoms with Crippen LogP contribution in [0.2, 0.25) is 0 Å². The van der Waals surface area contributed by atoms with Crippen molar-refractivity contribution < 1.29 is 24.2 Å². The maximum Gasteiger partial charge on any atom is 0.306 e. The van der Waals surface area contributed by atoms with Gasteiger partial charge >= 0.3 is 11.9 Å². The molecule has 0 spiro atoms. The van der Waals surface area contributed by atoms with Gasteiger partial charge in [-0.2, -0.15) is 0 Å². The molecule has 0 amide bonds. The summed E-state index contributed by atoms with van der Waals surface area (Å²) in [4.78, 5) is 26.8. The number of hydrogen-bond acceptors (Lipinski definition) is 6. The van der Waals surface area contributed by atoms with Crippen molar-refractivity contribution in [1.82, 2.24) is 4.90 Å². The molecule has 0 saturated carbocycles. The Hall–Kier alpha value is -1.14. The maximum absolute atomic E-state index is 12.3. The van der Waals surface area contributed by atoms with Crippen molar-refractivity contribution in [2.45, 2.75) is 200 Å². The third-order valence-electron chi connectivity index (χ3n) is 8.56. The van der Waals surface area contributed by atoms with Gasteiger partial charge in [0.05, 0.1) is 12.7 Å². The molecule has 0 saturated heterocycles. The fourth-order valence-electron chi connectivity index (χ4n) is 5.69. The Bertz CT molecular complexity index is 614. The van der Waals surface area contributed by atoms with E-state index in [1.54, 1.807) is 0 Å². The van der Waals surface area contributed by atoms with Crippen LogP contribution < -0.4 is 0 Å². The summed E-state index contributed by atoms with van der Waals surface area (Å²) in [5.74, 6) is -0.0831. The van der Waals surface area contributed by atoms with Crippen LogP contribution in [0, 0.1) is 0 Å². The van der Waals surface area contributed by atoms with Gasteiger partial charge in [-0.05, 0) is 77.8 Å². The van der Waals surface area contributed by atoms with E-state index in [1.807, 2.05) is 6.92 Å². The van der Waals surface area contributed by atoms with Crippen molar-refractivity contribution in [3.05, 3.63) is 0 Å². The van der Waals surface area contributed by atoms with E-state index in [0.29, 0.717) is 19.4 Å². The number of nitrogens with zero attached hydrogens (tertiary/aromatic N) is 1. The molecule has 0 aromatic rings. The molecule has 0 heterocycles. The first-order chi connectivity index (χ1) is 21.0. The molecule has 0 aliphatic heterocycles. The van der Waals surface area contributed by atoms with Gasteiger partial charge < -0.3 is 19.5 Å². The Morgan fingerprint density at radius 2 is 1.00 bits per heavy atom. The number of aliphatic hydroxyl groups is 1. The van der Waals surface area contributed by atoms with Gasteiger partial charge in [0.15, 0.2) is 0 Å². The van der Waals surface area contributed by atoms with Gasteiger partial charge in [-0.15, -0.1) is 0 Å². The molecule has 0 aromatic heterocycles. The van der Waals surface area contributed by atoms with Crippen molar-refractivity contribution in [2.24, 2.45) is 0 Å². The first-order valence-corrected chi connectivity index (χ1v) is 18.7.